The van der Waals surface area contributed by atoms with Gasteiger partial charge in [-0.1, -0.05) is 11.3 Å². The Hall–Kier alpha value is -3.14. The molecular weight excluding hydrogens is 367 g/mol. The van der Waals surface area contributed by atoms with Crippen molar-refractivity contribution in [3.8, 4) is 0 Å². The van der Waals surface area contributed by atoms with Crippen LogP contribution in [0.3, 0.4) is 0 Å². The highest BCUT2D eigenvalue weighted by molar-refractivity contribution is 7.15. The third-order valence-corrected chi connectivity index (χ3v) is 4.97. The third kappa shape index (κ3) is 3.85. The fourth-order valence-electron chi connectivity index (χ4n) is 2.53. The van der Waals surface area contributed by atoms with Crippen molar-refractivity contribution in [1.82, 2.24) is 34.7 Å². The first-order valence-electron chi connectivity index (χ1n) is 8.33. The molecular formula is C17H17FN8S. The SMILES string of the molecule is Cc1ccn(C(C)c2nnc(Nc3ccn(Cc4ncccc4F)n3)s2)n1. The summed E-state index contributed by atoms with van der Waals surface area (Å²) in [6.45, 7) is 4.22. The molecule has 4 heterocycles. The Morgan fingerprint density at radius 3 is 2.85 bits per heavy atom. The molecule has 1 N–H and O–H groups in total. The summed E-state index contributed by atoms with van der Waals surface area (Å²) in [5.74, 6) is 0.260. The molecule has 0 saturated heterocycles. The average molecular weight is 384 g/mol. The summed E-state index contributed by atoms with van der Waals surface area (Å²) in [7, 11) is 0. The monoisotopic (exact) mass is 384 g/mol. The summed E-state index contributed by atoms with van der Waals surface area (Å²) in [6.07, 6.45) is 5.24. The van der Waals surface area contributed by atoms with Crippen LogP contribution >= 0.6 is 11.3 Å². The van der Waals surface area contributed by atoms with Crippen LogP contribution in [0, 0.1) is 12.7 Å². The summed E-state index contributed by atoms with van der Waals surface area (Å²) in [6, 6.07) is 6.69. The second-order valence-corrected chi connectivity index (χ2v) is 7.02. The lowest BCUT2D eigenvalue weighted by Gasteiger charge is -2.07. The fourth-order valence-corrected chi connectivity index (χ4v) is 3.33. The minimum absolute atomic E-state index is 0.00330. The molecule has 0 aromatic carbocycles. The number of aryl methyl sites for hydroxylation is 1. The van der Waals surface area contributed by atoms with Gasteiger partial charge in [0, 0.05) is 24.7 Å². The Labute approximate surface area is 158 Å². The topological polar surface area (TPSA) is 86.3 Å². The van der Waals surface area contributed by atoms with E-state index in [4.69, 9.17) is 0 Å². The molecule has 0 aliphatic rings. The van der Waals surface area contributed by atoms with E-state index in [1.165, 1.54) is 17.4 Å². The lowest BCUT2D eigenvalue weighted by Crippen LogP contribution is -2.07. The third-order valence-electron chi connectivity index (χ3n) is 3.96. The second-order valence-electron chi connectivity index (χ2n) is 6.01. The van der Waals surface area contributed by atoms with Gasteiger partial charge >= 0.3 is 0 Å². The quantitative estimate of drug-likeness (QED) is 0.549. The fraction of sp³-hybridized carbons (Fsp3) is 0.235. The maximum atomic E-state index is 13.7. The molecule has 0 fully saturated rings. The Morgan fingerprint density at radius 1 is 1.19 bits per heavy atom. The van der Waals surface area contributed by atoms with E-state index in [9.17, 15) is 4.39 Å². The van der Waals surface area contributed by atoms with Crippen molar-refractivity contribution in [2.24, 2.45) is 0 Å². The Balaban J connectivity index is 1.44. The first kappa shape index (κ1) is 17.3. The van der Waals surface area contributed by atoms with Crippen molar-refractivity contribution < 1.29 is 4.39 Å². The van der Waals surface area contributed by atoms with Crippen LogP contribution < -0.4 is 5.32 Å². The van der Waals surface area contributed by atoms with Crippen LogP contribution in [0.5, 0.6) is 0 Å². The van der Waals surface area contributed by atoms with Gasteiger partial charge in [0.25, 0.3) is 0 Å². The van der Waals surface area contributed by atoms with Crippen molar-refractivity contribution >= 4 is 22.3 Å². The first-order valence-corrected chi connectivity index (χ1v) is 9.15. The summed E-state index contributed by atoms with van der Waals surface area (Å²) in [4.78, 5) is 4.04. The molecule has 0 aliphatic carbocycles. The number of halogens is 1. The van der Waals surface area contributed by atoms with Crippen LogP contribution in [0.4, 0.5) is 15.3 Å². The normalized spacial score (nSPS) is 12.3. The Morgan fingerprint density at radius 2 is 2.07 bits per heavy atom. The van der Waals surface area contributed by atoms with Crippen molar-refractivity contribution in [2.45, 2.75) is 26.4 Å². The molecule has 4 rings (SSSR count). The van der Waals surface area contributed by atoms with Gasteiger partial charge in [0.1, 0.15) is 16.9 Å². The molecule has 0 saturated carbocycles. The zero-order valence-corrected chi connectivity index (χ0v) is 15.6. The number of nitrogens with zero attached hydrogens (tertiary/aromatic N) is 7. The highest BCUT2D eigenvalue weighted by Crippen LogP contribution is 2.26. The van der Waals surface area contributed by atoms with E-state index in [1.807, 2.05) is 30.8 Å². The minimum Gasteiger partial charge on any atom is -0.313 e. The molecule has 0 radical (unpaired) electrons. The number of hydrogen-bond acceptors (Lipinski definition) is 7. The van der Waals surface area contributed by atoms with E-state index >= 15 is 0 Å². The van der Waals surface area contributed by atoms with Gasteiger partial charge in [-0.3, -0.25) is 14.3 Å². The summed E-state index contributed by atoms with van der Waals surface area (Å²) >= 11 is 1.44. The largest absolute Gasteiger partial charge is 0.313 e. The van der Waals surface area contributed by atoms with Gasteiger partial charge in [0.2, 0.25) is 5.13 Å². The number of aromatic nitrogens is 7. The number of pyridine rings is 1. The van der Waals surface area contributed by atoms with Crippen LogP contribution in [0.25, 0.3) is 0 Å². The summed E-state index contributed by atoms with van der Waals surface area (Å²) in [5, 5.41) is 21.8. The minimum atomic E-state index is -0.348. The molecule has 0 amide bonds. The van der Waals surface area contributed by atoms with E-state index in [-0.39, 0.29) is 18.4 Å². The van der Waals surface area contributed by atoms with E-state index in [0.717, 1.165) is 10.7 Å². The van der Waals surface area contributed by atoms with Crippen LogP contribution in [-0.2, 0) is 6.54 Å². The van der Waals surface area contributed by atoms with Gasteiger partial charge in [-0.05, 0) is 32.0 Å². The smallest absolute Gasteiger partial charge is 0.211 e. The van der Waals surface area contributed by atoms with Crippen LogP contribution in [0.1, 0.15) is 29.4 Å². The summed E-state index contributed by atoms with van der Waals surface area (Å²) in [5.41, 5.74) is 1.30. The number of anilines is 2. The molecule has 27 heavy (non-hydrogen) atoms. The number of rotatable bonds is 6. The maximum Gasteiger partial charge on any atom is 0.211 e. The molecule has 8 nitrogen and oxygen atoms in total. The molecule has 10 heteroatoms. The van der Waals surface area contributed by atoms with Gasteiger partial charge in [0.15, 0.2) is 5.82 Å². The number of hydrogen-bond donors (Lipinski definition) is 1. The maximum absolute atomic E-state index is 13.7. The lowest BCUT2D eigenvalue weighted by molar-refractivity contribution is 0.554. The van der Waals surface area contributed by atoms with Crippen LogP contribution in [0.15, 0.2) is 42.9 Å². The summed E-state index contributed by atoms with van der Waals surface area (Å²) < 4.78 is 17.2. The van der Waals surface area contributed by atoms with Gasteiger partial charge in [-0.15, -0.1) is 10.2 Å². The van der Waals surface area contributed by atoms with Crippen molar-refractivity contribution in [2.75, 3.05) is 5.32 Å². The highest BCUT2D eigenvalue weighted by Gasteiger charge is 2.15. The molecule has 4 aromatic heterocycles. The highest BCUT2D eigenvalue weighted by atomic mass is 32.1. The molecule has 4 aromatic rings. The zero-order valence-electron chi connectivity index (χ0n) is 14.7. The van der Waals surface area contributed by atoms with Gasteiger partial charge in [-0.25, -0.2) is 4.39 Å². The van der Waals surface area contributed by atoms with Gasteiger partial charge < -0.3 is 5.32 Å². The molecule has 138 valence electrons. The molecule has 0 aliphatic heterocycles. The van der Waals surface area contributed by atoms with E-state index in [0.29, 0.717) is 16.6 Å². The second kappa shape index (κ2) is 7.23. The van der Waals surface area contributed by atoms with Crippen molar-refractivity contribution in [1.29, 1.82) is 0 Å². The molecule has 0 spiro atoms. The number of nitrogens with one attached hydrogen (secondary N) is 1. The van der Waals surface area contributed by atoms with E-state index in [2.05, 4.69) is 30.7 Å². The van der Waals surface area contributed by atoms with Crippen molar-refractivity contribution in [3.05, 3.63) is 65.1 Å². The van der Waals surface area contributed by atoms with Crippen LogP contribution in [0.2, 0.25) is 0 Å². The average Bonchev–Trinajstić information content (AvgIpc) is 3.39. The predicted octanol–water partition coefficient (Wildman–Crippen LogP) is 3.17. The molecule has 0 bridgehead atoms. The Kier molecular flexibility index (Phi) is 4.63. The predicted molar refractivity (Wildman–Crippen MR) is 99.5 cm³/mol. The molecule has 1 unspecified atom stereocenters. The van der Waals surface area contributed by atoms with Crippen molar-refractivity contribution in [3.63, 3.8) is 0 Å². The zero-order chi connectivity index (χ0) is 18.8. The van der Waals surface area contributed by atoms with E-state index in [1.54, 1.807) is 29.2 Å². The van der Waals surface area contributed by atoms with Gasteiger partial charge in [0.05, 0.1) is 17.9 Å². The van der Waals surface area contributed by atoms with Crippen LogP contribution in [-0.4, -0.2) is 34.7 Å². The van der Waals surface area contributed by atoms with E-state index < -0.39 is 0 Å². The first-order chi connectivity index (χ1) is 13.1. The Bertz CT molecular complexity index is 1050. The van der Waals surface area contributed by atoms with Gasteiger partial charge in [-0.2, -0.15) is 10.2 Å². The lowest BCUT2D eigenvalue weighted by atomic mass is 10.3. The standard InChI is InChI=1S/C17H17FN8S/c1-11-5-9-26(23-11)12(2)16-21-22-17(27-16)20-15-6-8-25(24-15)10-14-13(18)4-3-7-19-14/h3-9,12H,10H2,1-2H3,(H,20,22,24). The molecule has 1 atom stereocenters.